The standard InChI is InChI=1S/C7H11N3O3/c1-4-8-7(13-10-4)9-5-2-12-3-6(5)11/h5-6,11H,2-3H2,1H3,(H,8,9,10)/t5-,6-/m1/s1. The molecule has 1 aliphatic heterocycles. The highest BCUT2D eigenvalue weighted by Crippen LogP contribution is 2.11. The zero-order valence-electron chi connectivity index (χ0n) is 7.23. The lowest BCUT2D eigenvalue weighted by Gasteiger charge is -2.11. The topological polar surface area (TPSA) is 80.4 Å². The minimum absolute atomic E-state index is 0.153. The van der Waals surface area contributed by atoms with Gasteiger partial charge in [-0.1, -0.05) is 5.16 Å². The number of anilines is 1. The fourth-order valence-corrected chi connectivity index (χ4v) is 1.20. The van der Waals surface area contributed by atoms with Crippen LogP contribution < -0.4 is 5.32 Å². The minimum atomic E-state index is -0.507. The maximum Gasteiger partial charge on any atom is 0.321 e. The van der Waals surface area contributed by atoms with E-state index in [9.17, 15) is 5.11 Å². The summed E-state index contributed by atoms with van der Waals surface area (Å²) in [6.07, 6.45) is -0.507. The van der Waals surface area contributed by atoms with Gasteiger partial charge in [0.1, 0.15) is 0 Å². The van der Waals surface area contributed by atoms with Gasteiger partial charge in [-0.2, -0.15) is 4.98 Å². The Labute approximate surface area is 74.9 Å². The monoisotopic (exact) mass is 185 g/mol. The van der Waals surface area contributed by atoms with E-state index in [0.717, 1.165) is 0 Å². The Morgan fingerprint density at radius 1 is 1.54 bits per heavy atom. The average molecular weight is 185 g/mol. The first-order valence-electron chi connectivity index (χ1n) is 4.08. The molecule has 0 aromatic carbocycles. The minimum Gasteiger partial charge on any atom is -0.388 e. The third kappa shape index (κ3) is 1.78. The summed E-state index contributed by atoms with van der Waals surface area (Å²) in [5, 5.41) is 15.9. The van der Waals surface area contributed by atoms with Crippen molar-refractivity contribution in [2.24, 2.45) is 0 Å². The van der Waals surface area contributed by atoms with Crippen molar-refractivity contribution in [3.8, 4) is 0 Å². The number of nitrogens with zero attached hydrogens (tertiary/aromatic N) is 2. The van der Waals surface area contributed by atoms with E-state index in [-0.39, 0.29) is 6.04 Å². The molecule has 0 amide bonds. The van der Waals surface area contributed by atoms with E-state index in [2.05, 4.69) is 15.5 Å². The predicted octanol–water partition coefficient (Wildman–Crippen LogP) is -0.450. The fourth-order valence-electron chi connectivity index (χ4n) is 1.20. The Morgan fingerprint density at radius 3 is 2.92 bits per heavy atom. The van der Waals surface area contributed by atoms with Crippen LogP contribution >= 0.6 is 0 Å². The number of nitrogens with one attached hydrogen (secondary N) is 1. The number of rotatable bonds is 2. The van der Waals surface area contributed by atoms with Crippen molar-refractivity contribution in [2.75, 3.05) is 18.5 Å². The van der Waals surface area contributed by atoms with Crippen LogP contribution in [0.4, 0.5) is 6.01 Å². The van der Waals surface area contributed by atoms with Crippen molar-refractivity contribution in [1.29, 1.82) is 0 Å². The zero-order chi connectivity index (χ0) is 9.26. The van der Waals surface area contributed by atoms with Gasteiger partial charge in [0.2, 0.25) is 0 Å². The van der Waals surface area contributed by atoms with E-state index in [1.54, 1.807) is 6.92 Å². The quantitative estimate of drug-likeness (QED) is 0.649. The molecule has 1 aromatic heterocycles. The summed E-state index contributed by atoms with van der Waals surface area (Å²) < 4.78 is 9.88. The third-order valence-corrected chi connectivity index (χ3v) is 1.89. The number of aryl methyl sites for hydroxylation is 1. The van der Waals surface area contributed by atoms with Crippen molar-refractivity contribution in [2.45, 2.75) is 19.1 Å². The molecule has 13 heavy (non-hydrogen) atoms. The van der Waals surface area contributed by atoms with Crippen LogP contribution in [0.15, 0.2) is 4.52 Å². The lowest BCUT2D eigenvalue weighted by Crippen LogP contribution is -2.31. The predicted molar refractivity (Wildman–Crippen MR) is 43.3 cm³/mol. The molecule has 0 unspecified atom stereocenters. The Hall–Kier alpha value is -1.14. The lowest BCUT2D eigenvalue weighted by molar-refractivity contribution is 0.125. The highest BCUT2D eigenvalue weighted by molar-refractivity contribution is 5.21. The van der Waals surface area contributed by atoms with Crippen molar-refractivity contribution < 1.29 is 14.4 Å². The van der Waals surface area contributed by atoms with Crippen molar-refractivity contribution in [3.63, 3.8) is 0 Å². The van der Waals surface area contributed by atoms with Crippen molar-refractivity contribution >= 4 is 6.01 Å². The van der Waals surface area contributed by atoms with E-state index >= 15 is 0 Å². The molecule has 6 nitrogen and oxygen atoms in total. The second kappa shape index (κ2) is 3.31. The molecule has 2 rings (SSSR count). The van der Waals surface area contributed by atoms with Crippen LogP contribution in [0.3, 0.4) is 0 Å². The van der Waals surface area contributed by atoms with Gasteiger partial charge in [0, 0.05) is 0 Å². The highest BCUT2D eigenvalue weighted by Gasteiger charge is 2.27. The Morgan fingerprint density at radius 2 is 2.38 bits per heavy atom. The van der Waals surface area contributed by atoms with Crippen LogP contribution in [-0.4, -0.2) is 40.6 Å². The summed E-state index contributed by atoms with van der Waals surface area (Å²) in [6, 6.07) is 0.173. The average Bonchev–Trinajstić information content (AvgIpc) is 2.64. The molecule has 72 valence electrons. The van der Waals surface area contributed by atoms with Crippen LogP contribution in [0, 0.1) is 6.92 Å². The van der Waals surface area contributed by atoms with Gasteiger partial charge < -0.3 is 19.7 Å². The van der Waals surface area contributed by atoms with E-state index in [0.29, 0.717) is 25.1 Å². The van der Waals surface area contributed by atoms with Gasteiger partial charge in [0.25, 0.3) is 0 Å². The first-order valence-corrected chi connectivity index (χ1v) is 4.08. The molecule has 1 fully saturated rings. The number of ether oxygens (including phenoxy) is 1. The van der Waals surface area contributed by atoms with Crippen LogP contribution in [0.25, 0.3) is 0 Å². The highest BCUT2D eigenvalue weighted by atomic mass is 16.5. The molecule has 2 atom stereocenters. The van der Waals surface area contributed by atoms with Gasteiger partial charge in [0.15, 0.2) is 5.82 Å². The maximum absolute atomic E-state index is 9.38. The van der Waals surface area contributed by atoms with Gasteiger partial charge in [-0.3, -0.25) is 0 Å². The molecule has 1 saturated heterocycles. The second-order valence-electron chi connectivity index (χ2n) is 3.00. The van der Waals surface area contributed by atoms with Gasteiger partial charge >= 0.3 is 6.01 Å². The first-order chi connectivity index (χ1) is 6.25. The maximum atomic E-state index is 9.38. The summed E-state index contributed by atoms with van der Waals surface area (Å²) in [6.45, 7) is 2.55. The SMILES string of the molecule is Cc1noc(N[C@@H]2COC[C@H]2O)n1. The summed E-state index contributed by atoms with van der Waals surface area (Å²) in [5.41, 5.74) is 0. The van der Waals surface area contributed by atoms with Crippen LogP contribution in [0.5, 0.6) is 0 Å². The normalized spacial score (nSPS) is 27.8. The lowest BCUT2D eigenvalue weighted by atomic mass is 10.2. The zero-order valence-corrected chi connectivity index (χ0v) is 7.23. The summed E-state index contributed by atoms with van der Waals surface area (Å²) in [7, 11) is 0. The number of hydrogen-bond acceptors (Lipinski definition) is 6. The third-order valence-electron chi connectivity index (χ3n) is 1.89. The smallest absolute Gasteiger partial charge is 0.321 e. The first kappa shape index (κ1) is 8.46. The number of aliphatic hydroxyl groups is 1. The number of hydrogen-bond donors (Lipinski definition) is 2. The summed E-state index contributed by atoms with van der Waals surface area (Å²) in [4.78, 5) is 3.95. The number of aromatic nitrogens is 2. The molecule has 2 heterocycles. The van der Waals surface area contributed by atoms with E-state index < -0.39 is 6.10 Å². The van der Waals surface area contributed by atoms with E-state index in [4.69, 9.17) is 9.26 Å². The van der Waals surface area contributed by atoms with E-state index in [1.165, 1.54) is 0 Å². The Balaban J connectivity index is 1.97. The fraction of sp³-hybridized carbons (Fsp3) is 0.714. The largest absolute Gasteiger partial charge is 0.388 e. The summed E-state index contributed by atoms with van der Waals surface area (Å²) >= 11 is 0. The molecule has 1 aromatic rings. The van der Waals surface area contributed by atoms with Crippen molar-refractivity contribution in [1.82, 2.24) is 10.1 Å². The Kier molecular flexibility index (Phi) is 2.15. The Bertz CT molecular complexity index is 288. The molecular weight excluding hydrogens is 174 g/mol. The molecule has 0 aliphatic carbocycles. The molecule has 1 aliphatic rings. The van der Waals surface area contributed by atoms with E-state index in [1.807, 2.05) is 0 Å². The number of aliphatic hydroxyl groups excluding tert-OH is 1. The van der Waals surface area contributed by atoms with Gasteiger partial charge in [-0.15, -0.1) is 0 Å². The molecule has 0 spiro atoms. The van der Waals surface area contributed by atoms with Crippen LogP contribution in [-0.2, 0) is 4.74 Å². The van der Waals surface area contributed by atoms with Gasteiger partial charge in [-0.25, -0.2) is 0 Å². The van der Waals surface area contributed by atoms with Gasteiger partial charge in [0.05, 0.1) is 25.4 Å². The van der Waals surface area contributed by atoms with Crippen LogP contribution in [0.2, 0.25) is 0 Å². The molecule has 6 heteroatoms. The summed E-state index contributed by atoms with van der Waals surface area (Å²) in [5.74, 6) is 0.566. The van der Waals surface area contributed by atoms with Crippen molar-refractivity contribution in [3.05, 3.63) is 5.82 Å². The molecule has 0 bridgehead atoms. The molecular formula is C7H11N3O3. The van der Waals surface area contributed by atoms with Crippen LogP contribution in [0.1, 0.15) is 5.82 Å². The molecule has 0 saturated carbocycles. The second-order valence-corrected chi connectivity index (χ2v) is 3.00. The van der Waals surface area contributed by atoms with Gasteiger partial charge in [-0.05, 0) is 6.92 Å². The molecule has 2 N–H and O–H groups in total. The molecule has 0 radical (unpaired) electrons.